The van der Waals surface area contributed by atoms with Crippen molar-refractivity contribution in [1.82, 2.24) is 14.8 Å². The van der Waals surface area contributed by atoms with Gasteiger partial charge in [0.05, 0.1) is 7.11 Å². The molecule has 0 aromatic carbocycles. The summed E-state index contributed by atoms with van der Waals surface area (Å²) in [7, 11) is 1.39. The van der Waals surface area contributed by atoms with E-state index in [1.165, 1.54) is 44.6 Å². The molecule has 19 heavy (non-hydrogen) atoms. The van der Waals surface area contributed by atoms with Crippen molar-refractivity contribution in [3.8, 4) is 0 Å². The Morgan fingerprint density at radius 1 is 1.47 bits per heavy atom. The predicted molar refractivity (Wildman–Crippen MR) is 72.1 cm³/mol. The molecule has 5 nitrogen and oxygen atoms in total. The number of esters is 1. The number of hydrogen-bond donors (Lipinski definition) is 0. The third-order valence-corrected chi connectivity index (χ3v) is 4.55. The monoisotopic (exact) mass is 279 g/mol. The fraction of sp³-hybridized carbons (Fsp3) is 0.615. The first-order valence-electron chi connectivity index (χ1n) is 6.56. The van der Waals surface area contributed by atoms with Gasteiger partial charge < -0.3 is 9.30 Å². The normalized spacial score (nSPS) is 20.1. The minimum atomic E-state index is -0.418. The van der Waals surface area contributed by atoms with Gasteiger partial charge in [0.1, 0.15) is 11.1 Å². The van der Waals surface area contributed by atoms with Crippen LogP contribution in [0.15, 0.2) is 17.8 Å². The molecule has 1 unspecified atom stereocenters. The molecular weight excluding hydrogens is 262 g/mol. The number of rotatable bonds is 6. The van der Waals surface area contributed by atoms with Crippen LogP contribution >= 0.6 is 11.8 Å². The van der Waals surface area contributed by atoms with Crippen LogP contribution in [0, 0.1) is 0 Å². The lowest BCUT2D eigenvalue weighted by molar-refractivity contribution is -0.139. The Labute approximate surface area is 116 Å². The molecule has 6 heteroatoms. The van der Waals surface area contributed by atoms with Crippen LogP contribution in [0.2, 0.25) is 0 Å². The second kappa shape index (κ2) is 5.00. The summed E-state index contributed by atoms with van der Waals surface area (Å²) in [5.74, 6) is 1.37. The van der Waals surface area contributed by atoms with Crippen molar-refractivity contribution in [2.45, 2.75) is 48.0 Å². The summed E-state index contributed by atoms with van der Waals surface area (Å²) in [6.45, 7) is 3.69. The molecule has 0 amide bonds. The molecule has 2 aliphatic rings. The maximum atomic E-state index is 11.6. The molecule has 2 fully saturated rings. The lowest BCUT2D eigenvalue weighted by atomic mass is 10.4. The van der Waals surface area contributed by atoms with Crippen LogP contribution in [0.3, 0.4) is 0 Å². The molecular formula is C13H17N3O2S. The molecule has 0 spiro atoms. The topological polar surface area (TPSA) is 57.0 Å². The van der Waals surface area contributed by atoms with Gasteiger partial charge in [0.25, 0.3) is 0 Å². The number of nitrogens with zero attached hydrogens (tertiary/aromatic N) is 3. The van der Waals surface area contributed by atoms with Gasteiger partial charge in [-0.2, -0.15) is 0 Å². The van der Waals surface area contributed by atoms with E-state index in [1.54, 1.807) is 6.08 Å². The van der Waals surface area contributed by atoms with Gasteiger partial charge in [0.15, 0.2) is 5.16 Å². The highest BCUT2D eigenvalue weighted by Crippen LogP contribution is 2.46. The molecule has 2 saturated carbocycles. The molecule has 3 rings (SSSR count). The van der Waals surface area contributed by atoms with Gasteiger partial charge in [-0.15, -0.1) is 16.8 Å². The second-order valence-corrected chi connectivity index (χ2v) is 6.12. The molecule has 2 aliphatic carbocycles. The van der Waals surface area contributed by atoms with E-state index in [-0.39, 0.29) is 5.97 Å². The number of hydrogen-bond acceptors (Lipinski definition) is 5. The van der Waals surface area contributed by atoms with E-state index in [9.17, 15) is 4.79 Å². The standard InChI is InChI=1S/C13H17N3O2S/c1-3-10(12(17)18-2)19-13-15-14-11(8-4-5-8)16(13)9-6-7-9/h3,8-10H,1,4-7H2,2H3. The Bertz CT molecular complexity index is 506. The zero-order chi connectivity index (χ0) is 13.4. The van der Waals surface area contributed by atoms with E-state index in [1.807, 2.05) is 0 Å². The average Bonchev–Trinajstić information content (AvgIpc) is 3.33. The number of aromatic nitrogens is 3. The third kappa shape index (κ3) is 2.54. The van der Waals surface area contributed by atoms with Gasteiger partial charge in [-0.1, -0.05) is 17.8 Å². The average molecular weight is 279 g/mol. The molecule has 102 valence electrons. The predicted octanol–water partition coefficient (Wildman–Crippen LogP) is 2.31. The van der Waals surface area contributed by atoms with Crippen LogP contribution in [0.5, 0.6) is 0 Å². The Morgan fingerprint density at radius 3 is 2.74 bits per heavy atom. The zero-order valence-electron chi connectivity index (χ0n) is 10.9. The number of carbonyl (C=O) groups excluding carboxylic acids is 1. The van der Waals surface area contributed by atoms with Gasteiger partial charge in [0.2, 0.25) is 0 Å². The lowest BCUT2D eigenvalue weighted by Gasteiger charge is -2.11. The number of methoxy groups -OCH3 is 1. The fourth-order valence-electron chi connectivity index (χ4n) is 2.09. The van der Waals surface area contributed by atoms with Crippen LogP contribution in [0.4, 0.5) is 0 Å². The largest absolute Gasteiger partial charge is 0.468 e. The molecule has 0 N–H and O–H groups in total. The first-order chi connectivity index (χ1) is 9.24. The molecule has 1 heterocycles. The highest BCUT2D eigenvalue weighted by molar-refractivity contribution is 8.00. The molecule has 1 aromatic heterocycles. The lowest BCUT2D eigenvalue weighted by Crippen LogP contribution is -2.17. The van der Waals surface area contributed by atoms with Crippen LogP contribution in [0.25, 0.3) is 0 Å². The van der Waals surface area contributed by atoms with Crippen molar-refractivity contribution in [3.05, 3.63) is 18.5 Å². The van der Waals surface area contributed by atoms with Crippen LogP contribution in [0.1, 0.15) is 43.5 Å². The SMILES string of the molecule is C=CC(Sc1nnc(C2CC2)n1C1CC1)C(=O)OC. The Hall–Kier alpha value is -1.30. The molecule has 1 atom stereocenters. The van der Waals surface area contributed by atoms with E-state index in [4.69, 9.17) is 4.74 Å². The van der Waals surface area contributed by atoms with Crippen molar-refractivity contribution in [1.29, 1.82) is 0 Å². The Kier molecular flexibility index (Phi) is 3.35. The van der Waals surface area contributed by atoms with Gasteiger partial charge in [-0.05, 0) is 25.7 Å². The van der Waals surface area contributed by atoms with E-state index < -0.39 is 5.25 Å². The zero-order valence-corrected chi connectivity index (χ0v) is 11.7. The first-order valence-corrected chi connectivity index (χ1v) is 7.44. The highest BCUT2D eigenvalue weighted by atomic mass is 32.2. The summed E-state index contributed by atoms with van der Waals surface area (Å²) in [4.78, 5) is 11.6. The summed E-state index contributed by atoms with van der Waals surface area (Å²) in [5.41, 5.74) is 0. The molecule has 1 aromatic rings. The van der Waals surface area contributed by atoms with E-state index >= 15 is 0 Å². The van der Waals surface area contributed by atoms with Crippen molar-refractivity contribution in [2.75, 3.05) is 7.11 Å². The summed E-state index contributed by atoms with van der Waals surface area (Å²) in [5, 5.41) is 8.98. The first kappa shape index (κ1) is 12.7. The van der Waals surface area contributed by atoms with Gasteiger partial charge in [0, 0.05) is 12.0 Å². The molecule has 0 radical (unpaired) electrons. The molecule has 0 aliphatic heterocycles. The number of ether oxygens (including phenoxy) is 1. The van der Waals surface area contributed by atoms with Crippen molar-refractivity contribution in [3.63, 3.8) is 0 Å². The van der Waals surface area contributed by atoms with E-state index in [0.717, 1.165) is 11.0 Å². The summed E-state index contributed by atoms with van der Waals surface area (Å²) in [6.07, 6.45) is 6.37. The minimum Gasteiger partial charge on any atom is -0.468 e. The van der Waals surface area contributed by atoms with Gasteiger partial charge in [-0.25, -0.2) is 0 Å². The van der Waals surface area contributed by atoms with Crippen LogP contribution < -0.4 is 0 Å². The summed E-state index contributed by atoms with van der Waals surface area (Å²) < 4.78 is 6.99. The van der Waals surface area contributed by atoms with Crippen molar-refractivity contribution in [2.24, 2.45) is 0 Å². The van der Waals surface area contributed by atoms with Crippen molar-refractivity contribution >= 4 is 17.7 Å². The molecule has 0 bridgehead atoms. The fourth-order valence-corrected chi connectivity index (χ4v) is 3.05. The van der Waals surface area contributed by atoms with Crippen molar-refractivity contribution < 1.29 is 9.53 Å². The van der Waals surface area contributed by atoms with Gasteiger partial charge in [-0.3, -0.25) is 4.79 Å². The highest BCUT2D eigenvalue weighted by Gasteiger charge is 2.37. The number of thioether (sulfide) groups is 1. The van der Waals surface area contributed by atoms with Gasteiger partial charge >= 0.3 is 5.97 Å². The number of carbonyl (C=O) groups is 1. The summed E-state index contributed by atoms with van der Waals surface area (Å²) in [6, 6.07) is 0.524. The Morgan fingerprint density at radius 2 is 2.21 bits per heavy atom. The Balaban J connectivity index is 1.83. The second-order valence-electron chi connectivity index (χ2n) is 5.01. The maximum absolute atomic E-state index is 11.6. The quantitative estimate of drug-likeness (QED) is 0.454. The smallest absolute Gasteiger partial charge is 0.323 e. The van der Waals surface area contributed by atoms with Crippen LogP contribution in [-0.4, -0.2) is 33.1 Å². The molecule has 0 saturated heterocycles. The van der Waals surface area contributed by atoms with E-state index in [0.29, 0.717) is 12.0 Å². The minimum absolute atomic E-state index is 0.293. The van der Waals surface area contributed by atoms with Crippen LogP contribution in [-0.2, 0) is 9.53 Å². The third-order valence-electron chi connectivity index (χ3n) is 3.43. The van der Waals surface area contributed by atoms with E-state index in [2.05, 4.69) is 21.3 Å². The summed E-state index contributed by atoms with van der Waals surface area (Å²) >= 11 is 1.38. The maximum Gasteiger partial charge on any atom is 0.323 e.